The Morgan fingerprint density at radius 3 is 1.37 bits per heavy atom. The van der Waals surface area contributed by atoms with E-state index in [1.807, 2.05) is 46.9 Å². The maximum absolute atomic E-state index is 5.28. The molecule has 0 saturated heterocycles. The Morgan fingerprint density at radius 2 is 1.00 bits per heavy atom. The quantitative estimate of drug-likeness (QED) is 0.387. The van der Waals surface area contributed by atoms with Gasteiger partial charge in [0.15, 0.2) is 0 Å². The number of ether oxygens (including phenoxy) is 2. The van der Waals surface area contributed by atoms with Crippen LogP contribution in [0.2, 0.25) is 0 Å². The van der Waals surface area contributed by atoms with Gasteiger partial charge in [-0.2, -0.15) is 0 Å². The van der Waals surface area contributed by atoms with Gasteiger partial charge >= 0.3 is 174 Å². The van der Waals surface area contributed by atoms with E-state index in [2.05, 4.69) is 47.2 Å². The zero-order chi connectivity index (χ0) is 18.6. The summed E-state index contributed by atoms with van der Waals surface area (Å²) in [6, 6.07) is 21.1. The summed E-state index contributed by atoms with van der Waals surface area (Å²) < 4.78 is 13.5. The Labute approximate surface area is 173 Å². The molecule has 2 nitrogen and oxygen atoms in total. The van der Waals surface area contributed by atoms with Gasteiger partial charge in [0, 0.05) is 0 Å². The first-order valence-corrected chi connectivity index (χ1v) is 11.9. The minimum atomic E-state index is 0.271. The van der Waals surface area contributed by atoms with E-state index in [9.17, 15) is 0 Å². The predicted octanol–water partition coefficient (Wildman–Crippen LogP) is 4.82. The number of thiophene rings is 2. The van der Waals surface area contributed by atoms with E-state index in [1.165, 1.54) is 29.8 Å². The minimum absolute atomic E-state index is 0.271. The molecule has 5 heteroatoms. The molecule has 2 aromatic heterocycles. The van der Waals surface area contributed by atoms with Gasteiger partial charge in [-0.05, 0) is 0 Å². The van der Waals surface area contributed by atoms with Crippen LogP contribution in [0.15, 0.2) is 71.4 Å². The van der Waals surface area contributed by atoms with Crippen molar-refractivity contribution in [3.05, 3.63) is 71.4 Å². The second kappa shape index (κ2) is 8.32. The van der Waals surface area contributed by atoms with Crippen molar-refractivity contribution in [1.82, 2.24) is 0 Å². The maximum atomic E-state index is 5.28. The first-order chi connectivity index (χ1) is 13.3. The Bertz CT molecular complexity index is 933. The van der Waals surface area contributed by atoms with Crippen molar-refractivity contribution in [2.45, 2.75) is 0 Å². The van der Waals surface area contributed by atoms with Gasteiger partial charge in [-0.3, -0.25) is 0 Å². The van der Waals surface area contributed by atoms with Crippen molar-refractivity contribution in [3.63, 3.8) is 0 Å². The third kappa shape index (κ3) is 3.97. The molecule has 0 N–H and O–H groups in total. The van der Waals surface area contributed by atoms with Crippen LogP contribution in [0.1, 0.15) is 0 Å². The Balaban J connectivity index is 1.62. The number of hydrogen-bond donors (Lipinski definition) is 0. The number of benzene rings is 2. The van der Waals surface area contributed by atoms with Crippen LogP contribution in [-0.2, 0) is 0 Å². The standard InChI is InChI=1S/C22H18O2S2Se/c1-23-17-7-3-15(4-8-17)19-11-13-25-21(19)27-22-20(12-14-26-22)16-5-9-18(24-2)10-6-16/h3-14H,1-2H3. The molecular formula is C22H18O2S2Se. The van der Waals surface area contributed by atoms with Crippen molar-refractivity contribution >= 4 is 45.2 Å². The average molecular weight is 457 g/mol. The fourth-order valence-electron chi connectivity index (χ4n) is 2.80. The molecule has 0 bridgehead atoms. The molecule has 0 saturated carbocycles. The fraction of sp³-hybridized carbons (Fsp3) is 0.0909. The van der Waals surface area contributed by atoms with E-state index in [-0.39, 0.29) is 15.0 Å². The van der Waals surface area contributed by atoms with Crippen LogP contribution in [0.3, 0.4) is 0 Å². The Morgan fingerprint density at radius 1 is 0.593 bits per heavy atom. The summed E-state index contributed by atoms with van der Waals surface area (Å²) in [7, 11) is 3.40. The molecule has 2 aromatic carbocycles. The van der Waals surface area contributed by atoms with Crippen LogP contribution >= 0.6 is 22.7 Å². The Kier molecular flexibility index (Phi) is 5.65. The molecular weight excluding hydrogens is 439 g/mol. The molecule has 0 amide bonds. The van der Waals surface area contributed by atoms with Gasteiger partial charge in [0.25, 0.3) is 0 Å². The average Bonchev–Trinajstić information content (AvgIpc) is 3.38. The van der Waals surface area contributed by atoms with Crippen LogP contribution < -0.4 is 17.0 Å². The van der Waals surface area contributed by atoms with Gasteiger partial charge in [-0.15, -0.1) is 0 Å². The van der Waals surface area contributed by atoms with E-state index in [0.29, 0.717) is 0 Å². The number of hydrogen-bond acceptors (Lipinski definition) is 4. The summed E-state index contributed by atoms with van der Waals surface area (Å²) >= 11 is 3.96. The third-order valence-corrected chi connectivity index (χ3v) is 9.44. The fourth-order valence-corrected chi connectivity index (χ4v) is 8.22. The van der Waals surface area contributed by atoms with Crippen LogP contribution in [0.25, 0.3) is 22.3 Å². The zero-order valence-corrected chi connectivity index (χ0v) is 18.3. The van der Waals surface area contributed by atoms with E-state index in [0.717, 1.165) is 11.5 Å². The first kappa shape index (κ1) is 18.3. The topological polar surface area (TPSA) is 18.5 Å². The summed E-state index contributed by atoms with van der Waals surface area (Å²) in [5.74, 6) is 1.78. The van der Waals surface area contributed by atoms with Crippen LogP contribution in [0.5, 0.6) is 11.5 Å². The summed E-state index contributed by atoms with van der Waals surface area (Å²) in [5, 5.41) is 4.38. The number of rotatable bonds is 6. The van der Waals surface area contributed by atoms with Crippen molar-refractivity contribution in [1.29, 1.82) is 0 Å². The molecule has 27 heavy (non-hydrogen) atoms. The molecule has 4 aromatic rings. The molecule has 0 aliphatic heterocycles. The van der Waals surface area contributed by atoms with Gasteiger partial charge in [0.05, 0.1) is 0 Å². The normalized spacial score (nSPS) is 10.7. The van der Waals surface area contributed by atoms with E-state index < -0.39 is 0 Å². The van der Waals surface area contributed by atoms with Gasteiger partial charge in [0.2, 0.25) is 0 Å². The second-order valence-electron chi connectivity index (χ2n) is 5.80. The zero-order valence-electron chi connectivity index (χ0n) is 15.0. The van der Waals surface area contributed by atoms with Crippen LogP contribution in [0.4, 0.5) is 0 Å². The Hall–Kier alpha value is -2.04. The molecule has 0 aliphatic rings. The second-order valence-corrected chi connectivity index (χ2v) is 10.9. The van der Waals surface area contributed by atoms with Crippen LogP contribution in [0, 0.1) is 0 Å². The summed E-state index contributed by atoms with van der Waals surface area (Å²) in [6.07, 6.45) is 0. The third-order valence-electron chi connectivity index (χ3n) is 4.25. The summed E-state index contributed by atoms with van der Waals surface area (Å²) in [5.41, 5.74) is 5.15. The molecule has 0 unspecified atom stereocenters. The molecule has 4 rings (SSSR count). The molecule has 0 spiro atoms. The molecule has 0 fully saturated rings. The monoisotopic (exact) mass is 458 g/mol. The van der Waals surface area contributed by atoms with Crippen molar-refractivity contribution in [2.24, 2.45) is 0 Å². The summed E-state index contributed by atoms with van der Waals surface area (Å²) in [6.45, 7) is 0. The molecule has 0 radical (unpaired) electrons. The van der Waals surface area contributed by atoms with Crippen LogP contribution in [-0.4, -0.2) is 29.2 Å². The van der Waals surface area contributed by atoms with Gasteiger partial charge < -0.3 is 0 Å². The van der Waals surface area contributed by atoms with Crippen molar-refractivity contribution in [3.8, 4) is 33.8 Å². The molecule has 2 heterocycles. The molecule has 0 aliphatic carbocycles. The SMILES string of the molecule is COc1ccc(-c2ccsc2[Se]c2sccc2-c2ccc(OC)cc2)cc1. The van der Waals surface area contributed by atoms with E-state index in [1.54, 1.807) is 14.2 Å². The molecule has 0 atom stereocenters. The summed E-state index contributed by atoms with van der Waals surface area (Å²) in [4.78, 5) is 0. The van der Waals surface area contributed by atoms with E-state index in [4.69, 9.17) is 9.47 Å². The van der Waals surface area contributed by atoms with Crippen molar-refractivity contribution in [2.75, 3.05) is 14.2 Å². The molecule has 136 valence electrons. The number of methoxy groups -OCH3 is 2. The van der Waals surface area contributed by atoms with Gasteiger partial charge in [-0.25, -0.2) is 0 Å². The van der Waals surface area contributed by atoms with Gasteiger partial charge in [-0.1, -0.05) is 0 Å². The van der Waals surface area contributed by atoms with E-state index >= 15 is 0 Å². The van der Waals surface area contributed by atoms with Crippen molar-refractivity contribution < 1.29 is 9.47 Å². The predicted molar refractivity (Wildman–Crippen MR) is 118 cm³/mol. The van der Waals surface area contributed by atoms with Gasteiger partial charge in [0.1, 0.15) is 0 Å². The first-order valence-electron chi connectivity index (χ1n) is 8.40.